The van der Waals surface area contributed by atoms with E-state index in [-0.39, 0.29) is 0 Å². The number of aromatic nitrogens is 1. The molecule has 0 aromatic carbocycles. The van der Waals surface area contributed by atoms with Crippen LogP contribution in [0.3, 0.4) is 0 Å². The first-order valence-corrected chi connectivity index (χ1v) is 7.76. The third-order valence-corrected chi connectivity index (χ3v) is 2.99. The molecule has 0 saturated carbocycles. The topological polar surface area (TPSA) is 66.6 Å². The smallest absolute Gasteiger partial charge is 0.123 e. The summed E-state index contributed by atoms with van der Waals surface area (Å²) in [6.07, 6.45) is 5.96. The van der Waals surface area contributed by atoms with Crippen molar-refractivity contribution >= 4 is 5.82 Å². The van der Waals surface area contributed by atoms with Crippen molar-refractivity contribution in [1.82, 2.24) is 4.98 Å². The van der Waals surface area contributed by atoms with E-state index in [1.165, 1.54) is 12.0 Å². The van der Waals surface area contributed by atoms with E-state index in [0.717, 1.165) is 32.5 Å². The second kappa shape index (κ2) is 12.6. The number of ether oxygens (including phenoxy) is 3. The average Bonchev–Trinajstić information content (AvgIpc) is 2.48. The van der Waals surface area contributed by atoms with Crippen LogP contribution in [0.5, 0.6) is 0 Å². The lowest BCUT2D eigenvalue weighted by atomic mass is 10.1. The van der Waals surface area contributed by atoms with Gasteiger partial charge in [-0.1, -0.05) is 13.3 Å². The van der Waals surface area contributed by atoms with Gasteiger partial charge in [0.15, 0.2) is 0 Å². The molecule has 2 N–H and O–H groups in total. The number of hydrogen-bond acceptors (Lipinski definition) is 5. The lowest BCUT2D eigenvalue weighted by molar-refractivity contribution is 0.0137. The molecule has 0 unspecified atom stereocenters. The van der Waals surface area contributed by atoms with Crippen LogP contribution >= 0.6 is 0 Å². The fourth-order valence-corrected chi connectivity index (χ4v) is 1.82. The number of nitrogen functional groups attached to an aromatic ring is 1. The number of rotatable bonds is 13. The Labute approximate surface area is 127 Å². The SMILES string of the molecule is CCCCOCCOCCOCCCc1ccnc(N)c1. The summed E-state index contributed by atoms with van der Waals surface area (Å²) in [6.45, 7) is 6.29. The summed E-state index contributed by atoms with van der Waals surface area (Å²) in [5, 5.41) is 0. The number of nitrogens with zero attached hydrogens (tertiary/aromatic N) is 1. The van der Waals surface area contributed by atoms with E-state index < -0.39 is 0 Å². The van der Waals surface area contributed by atoms with Gasteiger partial charge in [-0.2, -0.15) is 0 Å². The minimum absolute atomic E-state index is 0.572. The van der Waals surface area contributed by atoms with Crippen LogP contribution in [0.2, 0.25) is 0 Å². The third-order valence-electron chi connectivity index (χ3n) is 2.99. The summed E-state index contributed by atoms with van der Waals surface area (Å²) in [5.74, 6) is 0.572. The second-order valence-corrected chi connectivity index (χ2v) is 4.88. The highest BCUT2D eigenvalue weighted by Gasteiger charge is 1.96. The quantitative estimate of drug-likeness (QED) is 0.566. The van der Waals surface area contributed by atoms with E-state index >= 15 is 0 Å². The molecule has 1 heterocycles. The van der Waals surface area contributed by atoms with Crippen molar-refractivity contribution < 1.29 is 14.2 Å². The van der Waals surface area contributed by atoms with Crippen LogP contribution in [0.15, 0.2) is 18.3 Å². The number of anilines is 1. The Morgan fingerprint density at radius 2 is 1.57 bits per heavy atom. The molecular weight excluding hydrogens is 268 g/mol. The minimum atomic E-state index is 0.572. The maximum atomic E-state index is 5.63. The Balaban J connectivity index is 1.82. The van der Waals surface area contributed by atoms with E-state index in [9.17, 15) is 0 Å². The molecule has 1 aromatic heterocycles. The van der Waals surface area contributed by atoms with E-state index in [2.05, 4.69) is 11.9 Å². The van der Waals surface area contributed by atoms with Crippen molar-refractivity contribution in [2.24, 2.45) is 0 Å². The molecule has 0 radical (unpaired) electrons. The van der Waals surface area contributed by atoms with Gasteiger partial charge in [-0.3, -0.25) is 0 Å². The number of nitrogens with two attached hydrogens (primary N) is 1. The summed E-state index contributed by atoms with van der Waals surface area (Å²) in [5.41, 5.74) is 6.83. The van der Waals surface area contributed by atoms with Crippen molar-refractivity contribution in [3.8, 4) is 0 Å². The van der Waals surface area contributed by atoms with E-state index in [0.29, 0.717) is 32.2 Å². The van der Waals surface area contributed by atoms with E-state index in [1.54, 1.807) is 6.20 Å². The molecule has 0 spiro atoms. The first-order chi connectivity index (χ1) is 10.3. The standard InChI is InChI=1S/C16H28N2O3/c1-2-3-8-19-10-12-21-13-11-20-9-4-5-15-6-7-18-16(17)14-15/h6-7,14H,2-5,8-13H2,1H3,(H2,17,18). The zero-order valence-corrected chi connectivity index (χ0v) is 13.1. The van der Waals surface area contributed by atoms with Crippen molar-refractivity contribution in [2.45, 2.75) is 32.6 Å². The summed E-state index contributed by atoms with van der Waals surface area (Å²) in [6, 6.07) is 3.89. The Morgan fingerprint density at radius 1 is 0.952 bits per heavy atom. The molecule has 5 nitrogen and oxygen atoms in total. The van der Waals surface area contributed by atoms with Crippen LogP contribution in [0.1, 0.15) is 31.7 Å². The van der Waals surface area contributed by atoms with Gasteiger partial charge in [0.2, 0.25) is 0 Å². The lowest BCUT2D eigenvalue weighted by Crippen LogP contribution is -2.10. The average molecular weight is 296 g/mol. The molecule has 0 fully saturated rings. The predicted molar refractivity (Wildman–Crippen MR) is 84.3 cm³/mol. The second-order valence-electron chi connectivity index (χ2n) is 4.88. The van der Waals surface area contributed by atoms with Gasteiger partial charge in [0, 0.05) is 19.4 Å². The maximum Gasteiger partial charge on any atom is 0.123 e. The summed E-state index contributed by atoms with van der Waals surface area (Å²) in [4.78, 5) is 3.97. The summed E-state index contributed by atoms with van der Waals surface area (Å²) < 4.78 is 16.3. The number of aryl methyl sites for hydroxylation is 1. The lowest BCUT2D eigenvalue weighted by Gasteiger charge is -2.07. The molecule has 0 aliphatic carbocycles. The number of unbranched alkanes of at least 4 members (excludes halogenated alkanes) is 1. The van der Waals surface area contributed by atoms with Crippen molar-refractivity contribution in [3.63, 3.8) is 0 Å². The predicted octanol–water partition coefficient (Wildman–Crippen LogP) is 2.45. The molecule has 1 aromatic rings. The highest BCUT2D eigenvalue weighted by molar-refractivity contribution is 5.31. The van der Waals surface area contributed by atoms with E-state index in [1.807, 2.05) is 12.1 Å². The van der Waals surface area contributed by atoms with Crippen LogP contribution in [-0.4, -0.2) is 44.6 Å². The van der Waals surface area contributed by atoms with Gasteiger partial charge in [-0.15, -0.1) is 0 Å². The molecule has 21 heavy (non-hydrogen) atoms. The van der Waals surface area contributed by atoms with Gasteiger partial charge >= 0.3 is 0 Å². The maximum absolute atomic E-state index is 5.63. The zero-order valence-electron chi connectivity index (χ0n) is 13.1. The molecule has 0 atom stereocenters. The van der Waals surface area contributed by atoms with Crippen molar-refractivity contribution in [3.05, 3.63) is 23.9 Å². The highest BCUT2D eigenvalue weighted by Crippen LogP contribution is 2.05. The Kier molecular flexibility index (Phi) is 10.7. The van der Waals surface area contributed by atoms with E-state index in [4.69, 9.17) is 19.9 Å². The Hall–Kier alpha value is -1.17. The fraction of sp³-hybridized carbons (Fsp3) is 0.688. The summed E-state index contributed by atoms with van der Waals surface area (Å²) in [7, 11) is 0. The van der Waals surface area contributed by atoms with Gasteiger partial charge in [-0.05, 0) is 37.0 Å². The molecule has 0 bridgehead atoms. The van der Waals surface area contributed by atoms with Crippen LogP contribution < -0.4 is 5.73 Å². The van der Waals surface area contributed by atoms with Crippen LogP contribution in [0, 0.1) is 0 Å². The van der Waals surface area contributed by atoms with Gasteiger partial charge in [0.25, 0.3) is 0 Å². The highest BCUT2D eigenvalue weighted by atomic mass is 16.5. The number of hydrogen-bond donors (Lipinski definition) is 1. The van der Waals surface area contributed by atoms with Gasteiger partial charge in [0.1, 0.15) is 5.82 Å². The van der Waals surface area contributed by atoms with Crippen LogP contribution in [0.4, 0.5) is 5.82 Å². The molecule has 0 aliphatic rings. The number of pyridine rings is 1. The molecule has 1 rings (SSSR count). The van der Waals surface area contributed by atoms with Gasteiger partial charge < -0.3 is 19.9 Å². The normalized spacial score (nSPS) is 10.9. The minimum Gasteiger partial charge on any atom is -0.384 e. The third kappa shape index (κ3) is 10.2. The Morgan fingerprint density at radius 3 is 2.19 bits per heavy atom. The fourth-order valence-electron chi connectivity index (χ4n) is 1.82. The Bertz CT molecular complexity index is 361. The molecular formula is C16H28N2O3. The van der Waals surface area contributed by atoms with Gasteiger partial charge in [0.05, 0.1) is 26.4 Å². The van der Waals surface area contributed by atoms with Crippen molar-refractivity contribution in [1.29, 1.82) is 0 Å². The molecule has 0 amide bonds. The van der Waals surface area contributed by atoms with Crippen molar-refractivity contribution in [2.75, 3.05) is 45.4 Å². The molecule has 0 saturated heterocycles. The van der Waals surface area contributed by atoms with Crippen LogP contribution in [-0.2, 0) is 20.6 Å². The molecule has 120 valence electrons. The van der Waals surface area contributed by atoms with Gasteiger partial charge in [-0.25, -0.2) is 4.98 Å². The first-order valence-electron chi connectivity index (χ1n) is 7.76. The largest absolute Gasteiger partial charge is 0.384 e. The monoisotopic (exact) mass is 296 g/mol. The molecule has 0 aliphatic heterocycles. The molecule has 5 heteroatoms. The first kappa shape index (κ1) is 17.9. The van der Waals surface area contributed by atoms with Crippen LogP contribution in [0.25, 0.3) is 0 Å². The zero-order chi connectivity index (χ0) is 15.2. The summed E-state index contributed by atoms with van der Waals surface area (Å²) >= 11 is 0.